The van der Waals surface area contributed by atoms with Gasteiger partial charge in [-0.25, -0.2) is 4.98 Å². The molecule has 2 heterocycles. The van der Waals surface area contributed by atoms with Crippen LogP contribution in [-0.2, 0) is 17.7 Å². The fourth-order valence-corrected chi connectivity index (χ4v) is 2.38. The molecular weight excluding hydrogens is 238 g/mol. The second-order valence-corrected chi connectivity index (χ2v) is 5.09. The molecule has 106 valence electrons. The third-order valence-corrected chi connectivity index (χ3v) is 3.68. The maximum absolute atomic E-state index is 5.47. The maximum Gasteiger partial charge on any atom is 0.129 e. The van der Waals surface area contributed by atoms with Gasteiger partial charge in [0.2, 0.25) is 0 Å². The Kier molecular flexibility index (Phi) is 5.16. The molecule has 1 saturated heterocycles. The third-order valence-electron chi connectivity index (χ3n) is 3.68. The molecule has 0 saturated carbocycles. The first-order valence-corrected chi connectivity index (χ1v) is 7.25. The lowest BCUT2D eigenvalue weighted by Gasteiger charge is -2.25. The number of anilines is 1. The van der Waals surface area contributed by atoms with Crippen LogP contribution in [0.5, 0.6) is 0 Å². The van der Waals surface area contributed by atoms with Gasteiger partial charge in [-0.3, -0.25) is 0 Å². The monoisotopic (exact) mass is 263 g/mol. The first-order valence-electron chi connectivity index (χ1n) is 7.25. The van der Waals surface area contributed by atoms with Crippen molar-refractivity contribution < 1.29 is 4.74 Å². The smallest absolute Gasteiger partial charge is 0.129 e. The number of likely N-dealkylation sites (N-methyl/N-ethyl adjacent to an activating group) is 1. The van der Waals surface area contributed by atoms with E-state index in [0.717, 1.165) is 50.7 Å². The van der Waals surface area contributed by atoms with Crippen LogP contribution >= 0.6 is 0 Å². The van der Waals surface area contributed by atoms with Gasteiger partial charge in [-0.1, -0.05) is 13.8 Å². The first-order chi connectivity index (χ1) is 9.24. The summed E-state index contributed by atoms with van der Waals surface area (Å²) >= 11 is 0. The van der Waals surface area contributed by atoms with Crippen molar-refractivity contribution in [2.45, 2.75) is 39.3 Å². The average Bonchev–Trinajstić information content (AvgIpc) is 2.98. The van der Waals surface area contributed by atoms with Gasteiger partial charge in [-0.15, -0.1) is 0 Å². The summed E-state index contributed by atoms with van der Waals surface area (Å²) in [7, 11) is 2.12. The summed E-state index contributed by atoms with van der Waals surface area (Å²) in [6, 6.07) is 4.86. The van der Waals surface area contributed by atoms with Crippen LogP contribution in [0.15, 0.2) is 12.1 Å². The van der Waals surface area contributed by atoms with E-state index in [4.69, 9.17) is 9.72 Å². The summed E-state index contributed by atoms with van der Waals surface area (Å²) < 4.78 is 5.47. The van der Waals surface area contributed by atoms with E-state index >= 15 is 0 Å². The molecule has 1 aliphatic rings. The Morgan fingerprint density at radius 1 is 1.42 bits per heavy atom. The topological polar surface area (TPSA) is 37.4 Å². The molecule has 19 heavy (non-hydrogen) atoms. The Hall–Kier alpha value is -1.13. The minimum Gasteiger partial charge on any atom is -0.379 e. The number of pyridine rings is 1. The highest BCUT2D eigenvalue weighted by Gasteiger charge is 2.21. The highest BCUT2D eigenvalue weighted by atomic mass is 16.5. The zero-order valence-electron chi connectivity index (χ0n) is 12.3. The molecule has 1 N–H and O–H groups in total. The molecule has 1 aromatic heterocycles. The summed E-state index contributed by atoms with van der Waals surface area (Å²) in [5.41, 5.74) is 2.48. The Bertz CT molecular complexity index is 402. The standard InChI is InChI=1S/C15H25N3O/c1-4-13-8-12(10-16-5-2)9-15(17-13)18(3)14-6-7-19-11-14/h8-9,14,16H,4-7,10-11H2,1-3H3. The largest absolute Gasteiger partial charge is 0.379 e. The maximum atomic E-state index is 5.47. The predicted molar refractivity (Wildman–Crippen MR) is 78.6 cm³/mol. The number of hydrogen-bond acceptors (Lipinski definition) is 4. The zero-order valence-corrected chi connectivity index (χ0v) is 12.3. The summed E-state index contributed by atoms with van der Waals surface area (Å²) in [6.07, 6.45) is 2.07. The highest BCUT2D eigenvalue weighted by molar-refractivity contribution is 5.43. The van der Waals surface area contributed by atoms with E-state index < -0.39 is 0 Å². The van der Waals surface area contributed by atoms with Crippen molar-refractivity contribution in [2.75, 3.05) is 31.7 Å². The van der Waals surface area contributed by atoms with Gasteiger partial charge in [0.25, 0.3) is 0 Å². The van der Waals surface area contributed by atoms with Gasteiger partial charge in [0.15, 0.2) is 0 Å². The van der Waals surface area contributed by atoms with Crippen molar-refractivity contribution in [2.24, 2.45) is 0 Å². The van der Waals surface area contributed by atoms with Crippen LogP contribution < -0.4 is 10.2 Å². The molecule has 1 atom stereocenters. The number of rotatable bonds is 6. The van der Waals surface area contributed by atoms with Gasteiger partial charge < -0.3 is 15.0 Å². The fourth-order valence-electron chi connectivity index (χ4n) is 2.38. The molecule has 0 aliphatic carbocycles. The lowest BCUT2D eigenvalue weighted by molar-refractivity contribution is 0.193. The van der Waals surface area contributed by atoms with Crippen molar-refractivity contribution >= 4 is 5.82 Å². The van der Waals surface area contributed by atoms with E-state index in [2.05, 4.69) is 43.2 Å². The molecule has 0 spiro atoms. The third kappa shape index (κ3) is 3.67. The molecule has 1 fully saturated rings. The van der Waals surface area contributed by atoms with E-state index in [-0.39, 0.29) is 0 Å². The lowest BCUT2D eigenvalue weighted by Crippen LogP contribution is -2.32. The van der Waals surface area contributed by atoms with Gasteiger partial charge in [0.1, 0.15) is 5.82 Å². The van der Waals surface area contributed by atoms with Crippen LogP contribution in [0.3, 0.4) is 0 Å². The fraction of sp³-hybridized carbons (Fsp3) is 0.667. The average molecular weight is 263 g/mol. The van der Waals surface area contributed by atoms with Gasteiger partial charge in [-0.05, 0) is 37.1 Å². The Labute approximate surface area is 116 Å². The Morgan fingerprint density at radius 3 is 2.89 bits per heavy atom. The molecule has 0 bridgehead atoms. The summed E-state index contributed by atoms with van der Waals surface area (Å²) in [5, 5.41) is 3.38. The normalized spacial score (nSPS) is 18.8. The van der Waals surface area contributed by atoms with Crippen molar-refractivity contribution in [1.82, 2.24) is 10.3 Å². The minimum absolute atomic E-state index is 0.464. The van der Waals surface area contributed by atoms with Gasteiger partial charge in [-0.2, -0.15) is 0 Å². The first kappa shape index (κ1) is 14.3. The van der Waals surface area contributed by atoms with Gasteiger partial charge >= 0.3 is 0 Å². The van der Waals surface area contributed by atoms with E-state index in [9.17, 15) is 0 Å². The molecule has 4 nitrogen and oxygen atoms in total. The molecule has 0 aromatic carbocycles. The molecule has 0 amide bonds. The molecule has 4 heteroatoms. The summed E-state index contributed by atoms with van der Waals surface area (Å²) in [6.45, 7) is 7.87. The van der Waals surface area contributed by atoms with Gasteiger partial charge in [0, 0.05) is 25.9 Å². The van der Waals surface area contributed by atoms with Crippen molar-refractivity contribution in [3.8, 4) is 0 Å². The SMILES string of the molecule is CCNCc1cc(CC)nc(N(C)C2CCOC2)c1. The second kappa shape index (κ2) is 6.87. The quantitative estimate of drug-likeness (QED) is 0.851. The van der Waals surface area contributed by atoms with Crippen LogP contribution in [-0.4, -0.2) is 37.8 Å². The Balaban J connectivity index is 2.17. The molecule has 1 unspecified atom stereocenters. The predicted octanol–water partition coefficient (Wildman–Crippen LogP) is 1.98. The highest BCUT2D eigenvalue weighted by Crippen LogP contribution is 2.20. The number of aryl methyl sites for hydroxylation is 1. The van der Waals surface area contributed by atoms with Gasteiger partial charge in [0.05, 0.1) is 12.6 Å². The summed E-state index contributed by atoms with van der Waals surface area (Å²) in [4.78, 5) is 7.01. The van der Waals surface area contributed by atoms with E-state index in [0.29, 0.717) is 6.04 Å². The number of nitrogens with one attached hydrogen (secondary N) is 1. The van der Waals surface area contributed by atoms with Crippen molar-refractivity contribution in [3.05, 3.63) is 23.4 Å². The lowest BCUT2D eigenvalue weighted by atomic mass is 10.1. The van der Waals surface area contributed by atoms with Crippen LogP contribution in [0.2, 0.25) is 0 Å². The molecule has 2 rings (SSSR count). The van der Waals surface area contributed by atoms with Crippen molar-refractivity contribution in [1.29, 1.82) is 0 Å². The van der Waals surface area contributed by atoms with Crippen molar-refractivity contribution in [3.63, 3.8) is 0 Å². The summed E-state index contributed by atoms with van der Waals surface area (Å²) in [5.74, 6) is 1.07. The molecule has 0 radical (unpaired) electrons. The zero-order chi connectivity index (χ0) is 13.7. The van der Waals surface area contributed by atoms with E-state index in [1.807, 2.05) is 0 Å². The van der Waals surface area contributed by atoms with Crippen LogP contribution in [0.25, 0.3) is 0 Å². The van der Waals surface area contributed by atoms with E-state index in [1.54, 1.807) is 0 Å². The molecule has 1 aromatic rings. The number of aromatic nitrogens is 1. The molecular formula is C15H25N3O. The second-order valence-electron chi connectivity index (χ2n) is 5.09. The number of ether oxygens (including phenoxy) is 1. The minimum atomic E-state index is 0.464. The Morgan fingerprint density at radius 2 is 2.26 bits per heavy atom. The van der Waals surface area contributed by atoms with E-state index in [1.165, 1.54) is 5.56 Å². The molecule has 1 aliphatic heterocycles. The number of nitrogens with zero attached hydrogens (tertiary/aromatic N) is 2. The van der Waals surface area contributed by atoms with Crippen LogP contribution in [0, 0.1) is 0 Å². The van der Waals surface area contributed by atoms with Crippen LogP contribution in [0.1, 0.15) is 31.5 Å². The number of hydrogen-bond donors (Lipinski definition) is 1. The van der Waals surface area contributed by atoms with Crippen LogP contribution in [0.4, 0.5) is 5.82 Å².